The molecule has 0 unspecified atom stereocenters. The Hall–Kier alpha value is -3.12. The number of hydrogen-bond donors (Lipinski definition) is 2. The number of ether oxygens (including phenoxy) is 1. The van der Waals surface area contributed by atoms with Gasteiger partial charge in [-0.2, -0.15) is 12.7 Å². The minimum atomic E-state index is -4.25. The summed E-state index contributed by atoms with van der Waals surface area (Å²) in [6.07, 6.45) is 11.8. The summed E-state index contributed by atoms with van der Waals surface area (Å²) in [5, 5.41) is 13.1. The van der Waals surface area contributed by atoms with Crippen LogP contribution in [0.4, 0.5) is 5.69 Å². The molecule has 1 saturated heterocycles. The highest BCUT2D eigenvalue weighted by Gasteiger charge is 2.47. The normalized spacial score (nSPS) is 31.1. The van der Waals surface area contributed by atoms with Crippen molar-refractivity contribution < 1.29 is 27.9 Å². The first-order chi connectivity index (χ1) is 24.4. The standard InChI is InChI=1S/C39H51ClN4O6S/c1-27-9-4-7-18-42(2)36(45)23-39(47,37(46)41-51(48,49)44-19-5-3-6-20-44)30-12-16-35-34(22-30)43(24-29-11-14-32(27)29)25-38(26-50-35)17-8-10-28-21-31(40)13-15-33(28)38/h4,9,12-13,15-16,21-22,27,29,32,47H,3,5-8,10-11,14,17-20,23-26H2,1-2H3,(H,41,46)/b9-4+/t27-,29-,32-,38-,39+/m0/s1. The van der Waals surface area contributed by atoms with Gasteiger partial charge >= 0.3 is 10.2 Å². The molecule has 2 aromatic rings. The summed E-state index contributed by atoms with van der Waals surface area (Å²) in [6.45, 7) is 5.16. The van der Waals surface area contributed by atoms with Gasteiger partial charge in [0, 0.05) is 50.2 Å². The zero-order valence-corrected chi connectivity index (χ0v) is 31.4. The lowest BCUT2D eigenvalue weighted by atomic mass is 9.66. The molecule has 12 heteroatoms. The van der Waals surface area contributed by atoms with Gasteiger partial charge in [-0.3, -0.25) is 9.59 Å². The van der Waals surface area contributed by atoms with Crippen molar-refractivity contribution in [3.05, 3.63) is 70.3 Å². The van der Waals surface area contributed by atoms with Crippen LogP contribution in [0, 0.1) is 17.8 Å². The number of carbonyl (C=O) groups is 2. The van der Waals surface area contributed by atoms with Crippen LogP contribution in [0.3, 0.4) is 0 Å². The molecule has 1 spiro atoms. The number of aryl methyl sites for hydroxylation is 1. The molecule has 2 amide bonds. The molecule has 3 heterocycles. The van der Waals surface area contributed by atoms with Crippen LogP contribution in [-0.4, -0.2) is 80.9 Å². The number of aliphatic hydroxyl groups is 1. The maximum absolute atomic E-state index is 14.1. The van der Waals surface area contributed by atoms with Crippen molar-refractivity contribution in [2.45, 2.75) is 82.1 Å². The van der Waals surface area contributed by atoms with Crippen molar-refractivity contribution in [2.24, 2.45) is 17.8 Å². The van der Waals surface area contributed by atoms with Gasteiger partial charge < -0.3 is 19.6 Å². The predicted molar refractivity (Wildman–Crippen MR) is 198 cm³/mol. The third-order valence-corrected chi connectivity index (χ3v) is 14.0. The van der Waals surface area contributed by atoms with E-state index in [9.17, 15) is 23.1 Å². The Morgan fingerprint density at radius 2 is 1.86 bits per heavy atom. The van der Waals surface area contributed by atoms with E-state index in [1.54, 1.807) is 25.2 Å². The predicted octanol–water partition coefficient (Wildman–Crippen LogP) is 5.32. The van der Waals surface area contributed by atoms with Crippen molar-refractivity contribution in [3.63, 3.8) is 0 Å². The highest BCUT2D eigenvalue weighted by molar-refractivity contribution is 7.87. The van der Waals surface area contributed by atoms with Crippen LogP contribution in [0.15, 0.2) is 48.6 Å². The molecule has 3 aliphatic heterocycles. The van der Waals surface area contributed by atoms with Gasteiger partial charge in [0.25, 0.3) is 5.91 Å². The molecule has 10 nitrogen and oxygen atoms in total. The lowest BCUT2D eigenvalue weighted by Gasteiger charge is -2.46. The summed E-state index contributed by atoms with van der Waals surface area (Å²) in [4.78, 5) is 31.7. The summed E-state index contributed by atoms with van der Waals surface area (Å²) < 4.78 is 36.9. The molecule has 1 saturated carbocycles. The molecule has 2 aromatic carbocycles. The van der Waals surface area contributed by atoms with Crippen LogP contribution in [0.1, 0.15) is 81.4 Å². The number of allylic oxidation sites excluding steroid dienone is 1. The Labute approximate surface area is 307 Å². The van der Waals surface area contributed by atoms with Crippen LogP contribution in [0.5, 0.6) is 5.75 Å². The van der Waals surface area contributed by atoms with E-state index in [1.807, 2.05) is 6.07 Å². The Bertz CT molecular complexity index is 1800. The van der Waals surface area contributed by atoms with Gasteiger partial charge in [-0.25, -0.2) is 4.72 Å². The summed E-state index contributed by atoms with van der Waals surface area (Å²) >= 11 is 6.46. The fraction of sp³-hybridized carbons (Fsp3) is 0.590. The second-order valence-corrected chi connectivity index (χ2v) is 17.7. The maximum Gasteiger partial charge on any atom is 0.303 e. The molecule has 7 rings (SSSR count). The van der Waals surface area contributed by atoms with Gasteiger partial charge in [0.2, 0.25) is 5.91 Å². The molecular formula is C39H51ClN4O6S. The van der Waals surface area contributed by atoms with Crippen LogP contribution < -0.4 is 14.4 Å². The highest BCUT2D eigenvalue weighted by Crippen LogP contribution is 2.48. The third-order valence-electron chi connectivity index (χ3n) is 12.3. The highest BCUT2D eigenvalue weighted by atomic mass is 35.5. The molecule has 0 radical (unpaired) electrons. The number of benzene rings is 2. The second-order valence-electron chi connectivity index (χ2n) is 15.6. The Kier molecular flexibility index (Phi) is 10.2. The van der Waals surface area contributed by atoms with Crippen LogP contribution in [0.2, 0.25) is 5.02 Å². The number of amides is 2. The Balaban J connectivity index is 1.32. The monoisotopic (exact) mass is 738 g/mol. The van der Waals surface area contributed by atoms with Crippen molar-refractivity contribution >= 4 is 39.3 Å². The van der Waals surface area contributed by atoms with E-state index in [0.29, 0.717) is 75.6 Å². The van der Waals surface area contributed by atoms with Gasteiger partial charge in [-0.05, 0) is 110 Å². The first-order valence-corrected chi connectivity index (χ1v) is 20.5. The van der Waals surface area contributed by atoms with Crippen molar-refractivity contribution in [3.8, 4) is 5.75 Å². The number of fused-ring (bicyclic) bond motifs is 4. The Morgan fingerprint density at radius 1 is 1.06 bits per heavy atom. The average molecular weight is 739 g/mol. The van der Waals surface area contributed by atoms with Crippen LogP contribution in [0.25, 0.3) is 0 Å². The molecule has 0 aromatic heterocycles. The molecule has 51 heavy (non-hydrogen) atoms. The molecule has 2 fully saturated rings. The number of hydrogen-bond acceptors (Lipinski definition) is 7. The first-order valence-electron chi connectivity index (χ1n) is 18.7. The van der Waals surface area contributed by atoms with Crippen LogP contribution in [-0.2, 0) is 37.2 Å². The fourth-order valence-electron chi connectivity index (χ4n) is 9.05. The third kappa shape index (κ3) is 7.15. The summed E-state index contributed by atoms with van der Waals surface area (Å²) in [5.74, 6) is 0.344. The maximum atomic E-state index is 14.1. The van der Waals surface area contributed by atoms with Crippen molar-refractivity contribution in [1.29, 1.82) is 0 Å². The number of nitrogens with zero attached hydrogens (tertiary/aromatic N) is 3. The lowest BCUT2D eigenvalue weighted by molar-refractivity contribution is -0.148. The fourth-order valence-corrected chi connectivity index (χ4v) is 10.5. The molecular weight excluding hydrogens is 688 g/mol. The molecule has 5 atom stereocenters. The topological polar surface area (TPSA) is 119 Å². The van der Waals surface area contributed by atoms with Gasteiger partial charge in [-0.15, -0.1) is 0 Å². The van der Waals surface area contributed by atoms with Gasteiger partial charge in [-0.1, -0.05) is 49.2 Å². The number of carbonyl (C=O) groups excluding carboxylic acids is 2. The molecule has 2 aliphatic carbocycles. The minimum absolute atomic E-state index is 0.153. The van der Waals surface area contributed by atoms with E-state index >= 15 is 0 Å². The first kappa shape index (κ1) is 36.2. The lowest BCUT2D eigenvalue weighted by Crippen LogP contribution is -2.53. The summed E-state index contributed by atoms with van der Waals surface area (Å²) in [6, 6.07) is 11.3. The largest absolute Gasteiger partial charge is 0.490 e. The summed E-state index contributed by atoms with van der Waals surface area (Å²) in [7, 11) is -2.60. The second kappa shape index (κ2) is 14.4. The zero-order chi connectivity index (χ0) is 36.0. The number of nitrogens with one attached hydrogen (secondary N) is 1. The molecule has 2 N–H and O–H groups in total. The number of halogens is 1. The van der Waals surface area contributed by atoms with E-state index in [2.05, 4.69) is 40.8 Å². The van der Waals surface area contributed by atoms with E-state index in [0.717, 1.165) is 55.8 Å². The van der Waals surface area contributed by atoms with Crippen molar-refractivity contribution in [2.75, 3.05) is 51.3 Å². The zero-order valence-electron chi connectivity index (χ0n) is 29.8. The molecule has 276 valence electrons. The van der Waals surface area contributed by atoms with Crippen LogP contribution >= 0.6 is 11.6 Å². The van der Waals surface area contributed by atoms with E-state index in [1.165, 1.54) is 20.3 Å². The summed E-state index contributed by atoms with van der Waals surface area (Å²) in [5.41, 5.74) is 0.595. The smallest absolute Gasteiger partial charge is 0.303 e. The van der Waals surface area contributed by atoms with Gasteiger partial charge in [0.15, 0.2) is 5.60 Å². The minimum Gasteiger partial charge on any atom is -0.490 e. The average Bonchev–Trinajstić information content (AvgIpc) is 3.24. The van der Waals surface area contributed by atoms with E-state index in [-0.39, 0.29) is 11.0 Å². The van der Waals surface area contributed by atoms with Crippen molar-refractivity contribution in [1.82, 2.24) is 13.9 Å². The van der Waals surface area contributed by atoms with E-state index in [4.69, 9.17) is 16.3 Å². The van der Waals surface area contributed by atoms with Gasteiger partial charge in [0.05, 0.1) is 18.7 Å². The SMILES string of the molecule is C[C@H]1/C=C/CCN(C)C(=O)C[C@](O)(C(=O)NS(=O)(=O)N2CCCCC2)c2ccc3c(c2)N(C[C@@H]2CC[C@H]21)C[C@@]1(CCCc2cc(Cl)ccc21)CO3. The molecule has 2 bridgehead atoms. The number of anilines is 1. The molecule has 5 aliphatic rings. The Morgan fingerprint density at radius 3 is 2.63 bits per heavy atom. The van der Waals surface area contributed by atoms with E-state index < -0.39 is 34.0 Å². The number of piperidine rings is 1. The van der Waals surface area contributed by atoms with Gasteiger partial charge in [0.1, 0.15) is 5.75 Å². The quantitative estimate of drug-likeness (QED) is 0.410. The number of rotatable bonds is 3.